The first kappa shape index (κ1) is 22.1. The monoisotopic (exact) mass is 416 g/mol. The van der Waals surface area contributed by atoms with E-state index in [2.05, 4.69) is 10.6 Å². The second-order valence-corrected chi connectivity index (χ2v) is 6.78. The summed E-state index contributed by atoms with van der Waals surface area (Å²) in [6.45, 7) is 4.31. The van der Waals surface area contributed by atoms with Gasteiger partial charge in [0.15, 0.2) is 11.9 Å². The van der Waals surface area contributed by atoms with E-state index in [1.165, 1.54) is 26.8 Å². The lowest BCUT2D eigenvalue weighted by atomic mass is 10.1. The van der Waals surface area contributed by atoms with Gasteiger partial charge in [-0.25, -0.2) is 4.79 Å². The van der Waals surface area contributed by atoms with Gasteiger partial charge in [0.25, 0.3) is 11.8 Å². The van der Waals surface area contributed by atoms with Crippen molar-refractivity contribution in [3.05, 3.63) is 64.7 Å². The molecule has 0 aliphatic heterocycles. The second kappa shape index (κ2) is 9.84. The summed E-state index contributed by atoms with van der Waals surface area (Å²) < 4.78 is 5.12. The molecule has 8 heteroatoms. The molecule has 2 atom stereocenters. The van der Waals surface area contributed by atoms with E-state index in [9.17, 15) is 19.2 Å². The number of carbonyl (C=O) groups is 4. The van der Waals surface area contributed by atoms with Gasteiger partial charge in [0, 0.05) is 11.3 Å². The van der Waals surface area contributed by atoms with Crippen LogP contribution >= 0.6 is 11.6 Å². The summed E-state index contributed by atoms with van der Waals surface area (Å²) in [5, 5.41) is 5.34. The zero-order valence-electron chi connectivity index (χ0n) is 16.2. The first-order chi connectivity index (χ1) is 13.7. The van der Waals surface area contributed by atoms with Gasteiger partial charge in [-0.05, 0) is 57.2 Å². The van der Waals surface area contributed by atoms with E-state index in [1.54, 1.807) is 42.5 Å². The van der Waals surface area contributed by atoms with Crippen LogP contribution in [0, 0.1) is 0 Å². The molecule has 0 saturated carbocycles. The Morgan fingerprint density at radius 3 is 2.17 bits per heavy atom. The number of carbonyl (C=O) groups excluding carboxylic acids is 4. The van der Waals surface area contributed by atoms with Gasteiger partial charge in [-0.2, -0.15) is 0 Å². The quantitative estimate of drug-likeness (QED) is 0.533. The Labute approximate surface area is 173 Å². The highest BCUT2D eigenvalue weighted by atomic mass is 35.5. The molecule has 0 bridgehead atoms. The molecule has 0 spiro atoms. The van der Waals surface area contributed by atoms with Gasteiger partial charge in [0.05, 0.1) is 10.6 Å². The Morgan fingerprint density at radius 1 is 0.966 bits per heavy atom. The molecule has 2 aromatic rings. The molecule has 2 aromatic carbocycles. The van der Waals surface area contributed by atoms with Crippen molar-refractivity contribution in [1.29, 1.82) is 0 Å². The minimum Gasteiger partial charge on any atom is -0.451 e. The maximum Gasteiger partial charge on any atom is 0.329 e. The van der Waals surface area contributed by atoms with Gasteiger partial charge in [-0.15, -0.1) is 0 Å². The molecular formula is C21H21ClN2O5. The average molecular weight is 417 g/mol. The number of Topliss-reactive ketones (excluding diaryl/α,β-unsaturated/α-hetero) is 1. The van der Waals surface area contributed by atoms with E-state index in [-0.39, 0.29) is 16.4 Å². The third-order valence-corrected chi connectivity index (χ3v) is 4.37. The van der Waals surface area contributed by atoms with E-state index in [1.807, 2.05) is 0 Å². The number of hydrogen-bond acceptors (Lipinski definition) is 5. The molecule has 0 aliphatic carbocycles. The normalized spacial score (nSPS) is 12.4. The first-order valence-electron chi connectivity index (χ1n) is 8.86. The maximum absolute atomic E-state index is 12.2. The molecular weight excluding hydrogens is 396 g/mol. The van der Waals surface area contributed by atoms with Crippen molar-refractivity contribution in [2.45, 2.75) is 32.9 Å². The van der Waals surface area contributed by atoms with Gasteiger partial charge in [0.1, 0.15) is 6.04 Å². The number of benzene rings is 2. The molecule has 152 valence electrons. The number of ketones is 1. The highest BCUT2D eigenvalue weighted by Gasteiger charge is 2.24. The Hall–Kier alpha value is -3.19. The van der Waals surface area contributed by atoms with Gasteiger partial charge in [0.2, 0.25) is 0 Å². The standard InChI is InChI=1S/C21H21ClN2O5/c1-12(23-20(27)17-6-4-5-7-18(17)22)21(28)29-14(3)19(26)24-16-10-8-15(9-11-16)13(2)25/h4-12,14H,1-3H3,(H,23,27)(H,24,26)/t12-,14-/m0/s1. The number of halogens is 1. The van der Waals surface area contributed by atoms with Gasteiger partial charge < -0.3 is 15.4 Å². The molecule has 0 aliphatic rings. The third kappa shape index (κ3) is 6.15. The SMILES string of the molecule is CC(=O)c1ccc(NC(=O)[C@H](C)OC(=O)[C@H](C)NC(=O)c2ccccc2Cl)cc1. The van der Waals surface area contributed by atoms with E-state index in [4.69, 9.17) is 16.3 Å². The van der Waals surface area contributed by atoms with E-state index >= 15 is 0 Å². The molecule has 0 radical (unpaired) electrons. The number of ether oxygens (including phenoxy) is 1. The largest absolute Gasteiger partial charge is 0.451 e. The maximum atomic E-state index is 12.2. The molecule has 0 fully saturated rings. The van der Waals surface area contributed by atoms with E-state index in [0.717, 1.165) is 0 Å². The lowest BCUT2D eigenvalue weighted by Crippen LogP contribution is -2.42. The number of nitrogens with one attached hydrogen (secondary N) is 2. The van der Waals surface area contributed by atoms with Crippen molar-refractivity contribution in [3.8, 4) is 0 Å². The van der Waals surface area contributed by atoms with Crippen LogP contribution in [0.5, 0.6) is 0 Å². The highest BCUT2D eigenvalue weighted by molar-refractivity contribution is 6.33. The summed E-state index contributed by atoms with van der Waals surface area (Å²) in [5.74, 6) is -1.92. The zero-order chi connectivity index (χ0) is 21.6. The lowest BCUT2D eigenvalue weighted by molar-refractivity contribution is -0.154. The Bertz CT molecular complexity index is 927. The molecule has 2 N–H and O–H groups in total. The summed E-state index contributed by atoms with van der Waals surface area (Å²) in [5.41, 5.74) is 1.21. The summed E-state index contributed by atoms with van der Waals surface area (Å²) in [6, 6.07) is 11.8. The van der Waals surface area contributed by atoms with Crippen LogP contribution in [-0.4, -0.2) is 35.7 Å². The van der Waals surface area contributed by atoms with Gasteiger partial charge in [-0.3, -0.25) is 14.4 Å². The fraction of sp³-hybridized carbons (Fsp3) is 0.238. The first-order valence-corrected chi connectivity index (χ1v) is 9.24. The highest BCUT2D eigenvalue weighted by Crippen LogP contribution is 2.15. The minimum atomic E-state index is -1.09. The summed E-state index contributed by atoms with van der Waals surface area (Å²) in [6.07, 6.45) is -1.09. The Morgan fingerprint density at radius 2 is 1.59 bits per heavy atom. The molecule has 0 saturated heterocycles. The van der Waals surface area contributed by atoms with Crippen LogP contribution in [0.3, 0.4) is 0 Å². The van der Waals surface area contributed by atoms with Crippen molar-refractivity contribution >= 4 is 40.9 Å². The number of anilines is 1. The predicted molar refractivity (Wildman–Crippen MR) is 109 cm³/mol. The topological polar surface area (TPSA) is 102 Å². The van der Waals surface area contributed by atoms with Crippen LogP contribution in [0.4, 0.5) is 5.69 Å². The van der Waals surface area contributed by atoms with E-state index in [0.29, 0.717) is 11.3 Å². The molecule has 0 heterocycles. The second-order valence-electron chi connectivity index (χ2n) is 6.38. The Balaban J connectivity index is 1.89. The number of rotatable bonds is 7. The average Bonchev–Trinajstić information content (AvgIpc) is 2.68. The Kier molecular flexibility index (Phi) is 7.50. The fourth-order valence-corrected chi connectivity index (χ4v) is 2.56. The van der Waals surface area contributed by atoms with Crippen molar-refractivity contribution < 1.29 is 23.9 Å². The predicted octanol–water partition coefficient (Wildman–Crippen LogP) is 3.23. The molecule has 29 heavy (non-hydrogen) atoms. The van der Waals surface area contributed by atoms with Crippen molar-refractivity contribution in [1.82, 2.24) is 5.32 Å². The molecule has 7 nitrogen and oxygen atoms in total. The fourth-order valence-electron chi connectivity index (χ4n) is 2.34. The summed E-state index contributed by atoms with van der Waals surface area (Å²) in [7, 11) is 0. The zero-order valence-corrected chi connectivity index (χ0v) is 16.9. The van der Waals surface area contributed by atoms with Crippen LogP contribution in [-0.2, 0) is 14.3 Å². The minimum absolute atomic E-state index is 0.0852. The number of amides is 2. The van der Waals surface area contributed by atoms with Crippen molar-refractivity contribution in [2.24, 2.45) is 0 Å². The van der Waals surface area contributed by atoms with Gasteiger partial charge in [-0.1, -0.05) is 23.7 Å². The molecule has 2 rings (SSSR count). The van der Waals surface area contributed by atoms with Crippen LogP contribution in [0.25, 0.3) is 0 Å². The summed E-state index contributed by atoms with van der Waals surface area (Å²) in [4.78, 5) is 47.9. The van der Waals surface area contributed by atoms with Crippen LogP contribution in [0.1, 0.15) is 41.5 Å². The molecule has 2 amide bonds. The van der Waals surface area contributed by atoms with Crippen molar-refractivity contribution in [3.63, 3.8) is 0 Å². The van der Waals surface area contributed by atoms with E-state index < -0.39 is 29.9 Å². The summed E-state index contributed by atoms with van der Waals surface area (Å²) >= 11 is 5.96. The molecule has 0 aromatic heterocycles. The van der Waals surface area contributed by atoms with Gasteiger partial charge >= 0.3 is 5.97 Å². The van der Waals surface area contributed by atoms with Crippen molar-refractivity contribution in [2.75, 3.05) is 5.32 Å². The van der Waals surface area contributed by atoms with Crippen LogP contribution in [0.15, 0.2) is 48.5 Å². The third-order valence-electron chi connectivity index (χ3n) is 4.04. The number of esters is 1. The van der Waals surface area contributed by atoms with Crippen LogP contribution < -0.4 is 10.6 Å². The number of hydrogen-bond donors (Lipinski definition) is 2. The van der Waals surface area contributed by atoms with Crippen LogP contribution in [0.2, 0.25) is 5.02 Å². The smallest absolute Gasteiger partial charge is 0.329 e. The lowest BCUT2D eigenvalue weighted by Gasteiger charge is -2.18. The molecule has 0 unspecified atom stereocenters.